The molecule has 36 heavy (non-hydrogen) atoms. The second-order valence-electron chi connectivity index (χ2n) is 9.88. The molecule has 2 atom stereocenters. The Balaban J connectivity index is 1.53. The Morgan fingerprint density at radius 3 is 2.50 bits per heavy atom. The van der Waals surface area contributed by atoms with E-state index in [0.29, 0.717) is 23.3 Å². The minimum atomic E-state index is 0.105. The van der Waals surface area contributed by atoms with Crippen molar-refractivity contribution in [2.24, 2.45) is 5.92 Å². The van der Waals surface area contributed by atoms with Gasteiger partial charge < -0.3 is 23.5 Å². The highest BCUT2D eigenvalue weighted by molar-refractivity contribution is 6.01. The number of amides is 1. The molecule has 6 heteroatoms. The first-order chi connectivity index (χ1) is 17.5. The number of nitrogens with zero attached hydrogens (tertiary/aromatic N) is 1. The van der Waals surface area contributed by atoms with Crippen LogP contribution in [0.1, 0.15) is 51.0 Å². The zero-order chi connectivity index (χ0) is 25.2. The van der Waals surface area contributed by atoms with Crippen LogP contribution >= 0.6 is 0 Å². The van der Waals surface area contributed by atoms with Crippen LogP contribution in [0.3, 0.4) is 0 Å². The normalized spacial score (nSPS) is 20.2. The van der Waals surface area contributed by atoms with Crippen molar-refractivity contribution in [3.05, 3.63) is 48.2 Å². The summed E-state index contributed by atoms with van der Waals surface area (Å²) in [5, 5.41) is 0.919. The van der Waals surface area contributed by atoms with Gasteiger partial charge in [-0.15, -0.1) is 0 Å². The molecule has 0 spiro atoms. The van der Waals surface area contributed by atoms with Crippen molar-refractivity contribution < 1.29 is 23.4 Å². The molecule has 1 aliphatic carbocycles. The fraction of sp³-hybridized carbons (Fsp3) is 0.433. The van der Waals surface area contributed by atoms with Gasteiger partial charge in [-0.2, -0.15) is 0 Å². The Labute approximate surface area is 212 Å². The number of allylic oxidation sites excluding steroid dienone is 1. The lowest BCUT2D eigenvalue weighted by molar-refractivity contribution is -0.132. The Kier molecular flexibility index (Phi) is 6.95. The van der Waals surface area contributed by atoms with Crippen molar-refractivity contribution in [2.75, 3.05) is 27.9 Å². The summed E-state index contributed by atoms with van der Waals surface area (Å²) in [5.74, 6) is 2.90. The predicted octanol–water partition coefficient (Wildman–Crippen LogP) is 6.71. The topological polar surface area (TPSA) is 61.1 Å². The highest BCUT2D eigenvalue weighted by atomic mass is 16.5. The zero-order valence-corrected chi connectivity index (χ0v) is 21.6. The van der Waals surface area contributed by atoms with Gasteiger partial charge in [-0.05, 0) is 68.4 Å². The molecule has 190 valence electrons. The molecule has 5 rings (SSSR count). The number of likely N-dealkylation sites (tertiary alicyclic amines) is 1. The average molecular weight is 490 g/mol. The van der Waals surface area contributed by atoms with Gasteiger partial charge in [-0.25, -0.2) is 0 Å². The van der Waals surface area contributed by atoms with E-state index in [9.17, 15) is 4.79 Å². The first kappa shape index (κ1) is 24.3. The van der Waals surface area contributed by atoms with Crippen molar-refractivity contribution in [2.45, 2.75) is 51.5 Å². The van der Waals surface area contributed by atoms with E-state index in [4.69, 9.17) is 18.6 Å². The van der Waals surface area contributed by atoms with Crippen LogP contribution in [0.5, 0.6) is 17.2 Å². The highest BCUT2D eigenvalue weighted by Crippen LogP contribution is 2.42. The number of rotatable bonds is 6. The number of furan rings is 1. The molecule has 1 amide bonds. The average Bonchev–Trinajstić information content (AvgIpc) is 3.34. The second kappa shape index (κ2) is 10.3. The van der Waals surface area contributed by atoms with Gasteiger partial charge in [0.2, 0.25) is 5.91 Å². The van der Waals surface area contributed by atoms with Gasteiger partial charge in [0.05, 0.1) is 27.6 Å². The van der Waals surface area contributed by atoms with Crippen LogP contribution in [0, 0.1) is 5.92 Å². The Bertz CT molecular complexity index is 1290. The maximum absolute atomic E-state index is 13.5. The zero-order valence-electron chi connectivity index (χ0n) is 21.6. The van der Waals surface area contributed by atoms with E-state index in [1.807, 2.05) is 37.3 Å². The van der Waals surface area contributed by atoms with E-state index in [0.717, 1.165) is 58.5 Å². The SMILES string of the molecule is COc1ccc(OC)c(-c2coc3cc(OC)c(/C(C)=C/C(=O)N4CCCC5CCCCC54)cc23)c1. The maximum atomic E-state index is 13.5. The minimum Gasteiger partial charge on any atom is -0.497 e. The number of piperidine rings is 1. The van der Waals surface area contributed by atoms with Crippen LogP contribution in [0.15, 0.2) is 47.1 Å². The van der Waals surface area contributed by atoms with E-state index < -0.39 is 0 Å². The molecular weight excluding hydrogens is 454 g/mol. The largest absolute Gasteiger partial charge is 0.497 e. The lowest BCUT2D eigenvalue weighted by Crippen LogP contribution is -2.49. The molecule has 2 aliphatic rings. The lowest BCUT2D eigenvalue weighted by Gasteiger charge is -2.43. The van der Waals surface area contributed by atoms with Crippen molar-refractivity contribution in [3.63, 3.8) is 0 Å². The fourth-order valence-corrected chi connectivity index (χ4v) is 6.01. The van der Waals surface area contributed by atoms with Gasteiger partial charge >= 0.3 is 0 Å². The second-order valence-corrected chi connectivity index (χ2v) is 9.88. The molecule has 0 N–H and O–H groups in total. The molecule has 2 aromatic carbocycles. The third-order valence-corrected chi connectivity index (χ3v) is 7.88. The number of carbonyl (C=O) groups excluding carboxylic acids is 1. The van der Waals surface area contributed by atoms with Crippen molar-refractivity contribution in [1.29, 1.82) is 0 Å². The van der Waals surface area contributed by atoms with Crippen molar-refractivity contribution in [3.8, 4) is 28.4 Å². The molecule has 1 saturated carbocycles. The van der Waals surface area contributed by atoms with Gasteiger partial charge in [0, 0.05) is 46.8 Å². The standard InChI is InChI=1S/C30H35NO5/c1-19(14-30(32)31-13-7-9-20-8-5-6-10-26(20)31)22-16-24-25(18-36-29(24)17-28(22)35-4)23-15-21(33-2)11-12-27(23)34-3/h11-12,14-18,20,26H,5-10,13H2,1-4H3/b19-14+. The van der Waals surface area contributed by atoms with Gasteiger partial charge in [-0.1, -0.05) is 12.8 Å². The van der Waals surface area contributed by atoms with E-state index in [2.05, 4.69) is 4.90 Å². The van der Waals surface area contributed by atoms with Crippen molar-refractivity contribution in [1.82, 2.24) is 4.90 Å². The fourth-order valence-electron chi connectivity index (χ4n) is 6.01. The number of methoxy groups -OCH3 is 3. The van der Waals surface area contributed by atoms with E-state index in [-0.39, 0.29) is 5.91 Å². The van der Waals surface area contributed by atoms with Gasteiger partial charge in [0.25, 0.3) is 0 Å². The third-order valence-electron chi connectivity index (χ3n) is 7.88. The first-order valence-corrected chi connectivity index (χ1v) is 12.8. The Morgan fingerprint density at radius 2 is 1.72 bits per heavy atom. The first-order valence-electron chi connectivity index (χ1n) is 12.8. The molecule has 0 bridgehead atoms. The number of benzene rings is 2. The summed E-state index contributed by atoms with van der Waals surface area (Å²) < 4.78 is 22.7. The Morgan fingerprint density at radius 1 is 0.944 bits per heavy atom. The molecule has 2 heterocycles. The van der Waals surface area contributed by atoms with E-state index in [1.54, 1.807) is 33.7 Å². The van der Waals surface area contributed by atoms with E-state index >= 15 is 0 Å². The summed E-state index contributed by atoms with van der Waals surface area (Å²) in [6, 6.07) is 10.0. The molecule has 1 saturated heterocycles. The summed E-state index contributed by atoms with van der Waals surface area (Å²) in [5.41, 5.74) is 4.23. The van der Waals surface area contributed by atoms with Crippen LogP contribution in [-0.4, -0.2) is 44.7 Å². The summed E-state index contributed by atoms with van der Waals surface area (Å²) in [4.78, 5) is 15.6. The quantitative estimate of drug-likeness (QED) is 0.360. The van der Waals surface area contributed by atoms with Gasteiger partial charge in [-0.3, -0.25) is 4.79 Å². The summed E-state index contributed by atoms with van der Waals surface area (Å²) >= 11 is 0. The smallest absolute Gasteiger partial charge is 0.247 e. The van der Waals surface area contributed by atoms with Crippen LogP contribution < -0.4 is 14.2 Å². The molecule has 2 unspecified atom stereocenters. The van der Waals surface area contributed by atoms with E-state index in [1.165, 1.54) is 25.7 Å². The number of carbonyl (C=O) groups is 1. The highest BCUT2D eigenvalue weighted by Gasteiger charge is 2.35. The third kappa shape index (κ3) is 4.45. The van der Waals surface area contributed by atoms with Crippen LogP contribution in [0.4, 0.5) is 0 Å². The van der Waals surface area contributed by atoms with Crippen LogP contribution in [0.2, 0.25) is 0 Å². The van der Waals surface area contributed by atoms with Gasteiger partial charge in [0.15, 0.2) is 0 Å². The minimum absolute atomic E-state index is 0.105. The van der Waals surface area contributed by atoms with Gasteiger partial charge in [0.1, 0.15) is 22.8 Å². The molecule has 1 aromatic heterocycles. The molecule has 0 radical (unpaired) electrons. The van der Waals surface area contributed by atoms with Crippen LogP contribution in [-0.2, 0) is 4.79 Å². The van der Waals surface area contributed by atoms with Crippen LogP contribution in [0.25, 0.3) is 27.7 Å². The summed E-state index contributed by atoms with van der Waals surface area (Å²) in [7, 11) is 4.94. The number of hydrogen-bond acceptors (Lipinski definition) is 5. The molecule has 2 fully saturated rings. The number of fused-ring (bicyclic) bond motifs is 2. The summed E-state index contributed by atoms with van der Waals surface area (Å²) in [6.07, 6.45) is 10.7. The predicted molar refractivity (Wildman–Crippen MR) is 142 cm³/mol. The molecular formula is C30H35NO5. The molecule has 1 aliphatic heterocycles. The molecule has 3 aromatic rings. The number of ether oxygens (including phenoxy) is 3. The Hall–Kier alpha value is -3.41. The maximum Gasteiger partial charge on any atom is 0.247 e. The monoisotopic (exact) mass is 489 g/mol. The number of hydrogen-bond donors (Lipinski definition) is 0. The summed E-state index contributed by atoms with van der Waals surface area (Å²) in [6.45, 7) is 2.83. The lowest BCUT2D eigenvalue weighted by atomic mass is 9.78. The van der Waals surface area contributed by atoms with Crippen molar-refractivity contribution >= 4 is 22.4 Å². The molecule has 6 nitrogen and oxygen atoms in total.